The summed E-state index contributed by atoms with van der Waals surface area (Å²) in [6.07, 6.45) is 11.5. The van der Waals surface area contributed by atoms with Gasteiger partial charge in [0.1, 0.15) is 24.2 Å². The quantitative estimate of drug-likeness (QED) is 0.406. The topological polar surface area (TPSA) is 86.7 Å². The van der Waals surface area contributed by atoms with E-state index in [1.165, 1.54) is 24.8 Å². The summed E-state index contributed by atoms with van der Waals surface area (Å²) in [5.74, 6) is -0.281. The fourth-order valence-corrected chi connectivity index (χ4v) is 4.09. The van der Waals surface area contributed by atoms with E-state index in [4.69, 9.17) is 4.99 Å². The Morgan fingerprint density at radius 1 is 0.824 bits per heavy atom. The maximum atomic E-state index is 13.9. The molecule has 6 aromatic rings. The van der Waals surface area contributed by atoms with Gasteiger partial charge < -0.3 is 4.57 Å². The Morgan fingerprint density at radius 2 is 1.56 bits per heavy atom. The number of rotatable bonds is 3. The van der Waals surface area contributed by atoms with E-state index in [-0.39, 0.29) is 5.82 Å². The number of hydrogen-bond donors (Lipinski definition) is 0. The highest BCUT2D eigenvalue weighted by Crippen LogP contribution is 2.30. The summed E-state index contributed by atoms with van der Waals surface area (Å²) in [7, 11) is 1.93. The van der Waals surface area contributed by atoms with Gasteiger partial charge in [0.25, 0.3) is 0 Å². The van der Waals surface area contributed by atoms with Crippen LogP contribution >= 0.6 is 0 Å². The van der Waals surface area contributed by atoms with Crippen LogP contribution in [0.5, 0.6) is 0 Å². The summed E-state index contributed by atoms with van der Waals surface area (Å²) in [4.78, 5) is 26.1. The molecular formula is C25H17FN8. The van der Waals surface area contributed by atoms with Crippen molar-refractivity contribution in [2.45, 2.75) is 0 Å². The first-order valence-corrected chi connectivity index (χ1v) is 10.5. The van der Waals surface area contributed by atoms with Gasteiger partial charge in [0.2, 0.25) is 5.62 Å². The van der Waals surface area contributed by atoms with Crippen molar-refractivity contribution in [3.8, 4) is 16.8 Å². The Hall–Kier alpha value is -4.79. The van der Waals surface area contributed by atoms with Gasteiger partial charge in [0, 0.05) is 12.4 Å². The normalized spacial score (nSPS) is 12.0. The Bertz CT molecular complexity index is 1720. The molecule has 34 heavy (non-hydrogen) atoms. The molecule has 6 rings (SSSR count). The molecule has 0 spiro atoms. The summed E-state index contributed by atoms with van der Waals surface area (Å²) in [5, 5.41) is 0.893. The van der Waals surface area contributed by atoms with Crippen molar-refractivity contribution in [1.29, 1.82) is 0 Å². The van der Waals surface area contributed by atoms with Gasteiger partial charge in [-0.05, 0) is 35.4 Å². The lowest BCUT2D eigenvalue weighted by Gasteiger charge is -2.08. The third kappa shape index (κ3) is 3.30. The molecule has 0 aliphatic heterocycles. The minimum Gasteiger partial charge on any atom is -0.311 e. The number of imidazole rings is 1. The fraction of sp³-hybridized carbons (Fsp3) is 0.0400. The van der Waals surface area contributed by atoms with Crippen molar-refractivity contribution in [3.63, 3.8) is 0 Å². The minimum atomic E-state index is -0.281. The Kier molecular flexibility index (Phi) is 4.65. The van der Waals surface area contributed by atoms with Gasteiger partial charge in [0.05, 0.1) is 53.2 Å². The molecule has 0 bridgehead atoms. The van der Waals surface area contributed by atoms with Gasteiger partial charge in [0.15, 0.2) is 0 Å². The van der Waals surface area contributed by atoms with Crippen LogP contribution < -0.4 is 5.62 Å². The summed E-state index contributed by atoms with van der Waals surface area (Å²) < 4.78 is 17.9. The van der Waals surface area contributed by atoms with Gasteiger partial charge in [-0.1, -0.05) is 18.2 Å². The Balaban J connectivity index is 1.74. The molecule has 0 fully saturated rings. The van der Waals surface area contributed by atoms with Gasteiger partial charge in [-0.15, -0.1) is 0 Å². The number of halogens is 1. The average molecular weight is 448 g/mol. The van der Waals surface area contributed by atoms with Crippen LogP contribution in [0.1, 0.15) is 0 Å². The summed E-state index contributed by atoms with van der Waals surface area (Å²) in [6, 6.07) is 12.5. The van der Waals surface area contributed by atoms with Crippen LogP contribution in [0.3, 0.4) is 0 Å². The van der Waals surface area contributed by atoms with E-state index in [9.17, 15) is 4.39 Å². The van der Waals surface area contributed by atoms with Crippen LogP contribution in [0.2, 0.25) is 0 Å². The SMILES string of the molecule is Cn1/c(=N\c2cncnc2)n(-c2cncnc2)c2c3cc(-c4cccc(F)c4)ccc3ncc21. The van der Waals surface area contributed by atoms with Crippen LogP contribution in [0, 0.1) is 5.82 Å². The molecule has 0 radical (unpaired) electrons. The molecule has 0 saturated carbocycles. The number of fused-ring (bicyclic) bond motifs is 3. The molecule has 0 aliphatic carbocycles. The van der Waals surface area contributed by atoms with Crippen molar-refractivity contribution in [2.75, 3.05) is 0 Å². The third-order valence-electron chi connectivity index (χ3n) is 5.64. The second-order valence-electron chi connectivity index (χ2n) is 7.73. The molecule has 0 saturated heterocycles. The number of aromatic nitrogens is 7. The molecule has 4 heterocycles. The summed E-state index contributed by atoms with van der Waals surface area (Å²) in [6.45, 7) is 0. The second-order valence-corrected chi connectivity index (χ2v) is 7.73. The van der Waals surface area contributed by atoms with Gasteiger partial charge in [-0.3, -0.25) is 9.55 Å². The lowest BCUT2D eigenvalue weighted by Crippen LogP contribution is -2.23. The standard InChI is InChI=1S/C25H17FN8/c1-33-23-13-31-22-6-5-17(16-3-2-4-18(26)7-16)8-21(22)24(23)34(20-11-29-15-30-12-20)25(33)32-19-9-27-14-28-10-19/h2-15H,1H3/b32-25+. The zero-order chi connectivity index (χ0) is 23.1. The largest absolute Gasteiger partial charge is 0.311 e. The van der Waals surface area contributed by atoms with E-state index < -0.39 is 0 Å². The number of hydrogen-bond acceptors (Lipinski definition) is 6. The lowest BCUT2D eigenvalue weighted by atomic mass is 10.0. The van der Waals surface area contributed by atoms with Crippen LogP contribution in [-0.4, -0.2) is 34.1 Å². The van der Waals surface area contributed by atoms with Crippen molar-refractivity contribution in [2.24, 2.45) is 12.0 Å². The zero-order valence-corrected chi connectivity index (χ0v) is 18.0. The molecule has 0 amide bonds. The predicted molar refractivity (Wildman–Crippen MR) is 126 cm³/mol. The lowest BCUT2D eigenvalue weighted by molar-refractivity contribution is 0.628. The first kappa shape index (κ1) is 19.9. The van der Waals surface area contributed by atoms with Gasteiger partial charge in [-0.25, -0.2) is 29.3 Å². The summed E-state index contributed by atoms with van der Waals surface area (Å²) in [5.41, 5.74) is 6.21. The molecule has 9 heteroatoms. The van der Waals surface area contributed by atoms with Gasteiger partial charge >= 0.3 is 0 Å². The van der Waals surface area contributed by atoms with Gasteiger partial charge in [-0.2, -0.15) is 0 Å². The third-order valence-corrected chi connectivity index (χ3v) is 5.64. The monoisotopic (exact) mass is 448 g/mol. The molecule has 4 aromatic heterocycles. The Morgan fingerprint density at radius 3 is 2.32 bits per heavy atom. The highest BCUT2D eigenvalue weighted by molar-refractivity contribution is 6.04. The molecular weight excluding hydrogens is 431 g/mol. The van der Waals surface area contributed by atoms with Crippen LogP contribution in [-0.2, 0) is 7.05 Å². The highest BCUT2D eigenvalue weighted by Gasteiger charge is 2.16. The minimum absolute atomic E-state index is 0.281. The second kappa shape index (κ2) is 7.96. The Labute approximate surface area is 192 Å². The van der Waals surface area contributed by atoms with Crippen molar-refractivity contribution in [1.82, 2.24) is 34.1 Å². The van der Waals surface area contributed by atoms with E-state index in [0.717, 1.165) is 38.8 Å². The molecule has 164 valence electrons. The number of nitrogens with zero attached hydrogens (tertiary/aromatic N) is 8. The fourth-order valence-electron chi connectivity index (χ4n) is 4.09. The smallest absolute Gasteiger partial charge is 0.215 e. The predicted octanol–water partition coefficient (Wildman–Crippen LogP) is 4.14. The van der Waals surface area contributed by atoms with E-state index in [1.807, 2.05) is 46.6 Å². The maximum absolute atomic E-state index is 13.9. The molecule has 8 nitrogen and oxygen atoms in total. The summed E-state index contributed by atoms with van der Waals surface area (Å²) >= 11 is 0. The highest BCUT2D eigenvalue weighted by atomic mass is 19.1. The molecule has 0 aliphatic rings. The van der Waals surface area contributed by atoms with Crippen molar-refractivity contribution in [3.05, 3.63) is 97.5 Å². The van der Waals surface area contributed by atoms with E-state index >= 15 is 0 Å². The first-order chi connectivity index (χ1) is 16.7. The molecule has 0 N–H and O–H groups in total. The number of pyridine rings is 1. The van der Waals surface area contributed by atoms with E-state index in [2.05, 4.69) is 24.9 Å². The van der Waals surface area contributed by atoms with E-state index in [1.54, 1.807) is 30.9 Å². The van der Waals surface area contributed by atoms with E-state index in [0.29, 0.717) is 11.3 Å². The average Bonchev–Trinajstić information content (AvgIpc) is 3.16. The van der Waals surface area contributed by atoms with Crippen LogP contribution in [0.15, 0.2) is 91.1 Å². The molecule has 0 atom stereocenters. The first-order valence-electron chi connectivity index (χ1n) is 10.5. The van der Waals surface area contributed by atoms with Crippen molar-refractivity contribution >= 4 is 27.6 Å². The van der Waals surface area contributed by atoms with Crippen molar-refractivity contribution < 1.29 is 4.39 Å². The molecule has 2 aromatic carbocycles. The molecule has 0 unspecified atom stereocenters. The maximum Gasteiger partial charge on any atom is 0.215 e. The van der Waals surface area contributed by atoms with Crippen LogP contribution in [0.4, 0.5) is 10.1 Å². The zero-order valence-electron chi connectivity index (χ0n) is 18.0. The van der Waals surface area contributed by atoms with Crippen LogP contribution in [0.25, 0.3) is 38.8 Å². The number of aryl methyl sites for hydroxylation is 1. The number of benzene rings is 2.